The lowest BCUT2D eigenvalue weighted by atomic mass is 10.1. The third-order valence-electron chi connectivity index (χ3n) is 3.48. The minimum Gasteiger partial charge on any atom is -0.306 e. The van der Waals surface area contributed by atoms with Crippen molar-refractivity contribution in [2.24, 2.45) is 0 Å². The van der Waals surface area contributed by atoms with Gasteiger partial charge in [0.15, 0.2) is 0 Å². The fourth-order valence-corrected chi connectivity index (χ4v) is 2.63. The summed E-state index contributed by atoms with van der Waals surface area (Å²) in [4.78, 5) is 14.1. The van der Waals surface area contributed by atoms with Gasteiger partial charge in [0.1, 0.15) is 11.0 Å². The molecule has 0 fully saturated rings. The average Bonchev–Trinajstić information content (AvgIpc) is 2.86. The number of amides is 1. The van der Waals surface area contributed by atoms with Gasteiger partial charge in [0.05, 0.1) is 17.4 Å². The molecule has 0 aliphatic rings. The quantitative estimate of drug-likeness (QED) is 0.844. The normalized spacial score (nSPS) is 11.0. The number of aromatic nitrogens is 2. The molecule has 1 aromatic carbocycles. The van der Waals surface area contributed by atoms with Gasteiger partial charge in [-0.25, -0.2) is 4.39 Å². The van der Waals surface area contributed by atoms with E-state index in [2.05, 4.69) is 5.10 Å². The number of halogens is 2. The predicted octanol–water partition coefficient (Wildman–Crippen LogP) is 4.23. The lowest BCUT2D eigenvalue weighted by Crippen LogP contribution is -2.31. The molecule has 2 aromatic rings. The van der Waals surface area contributed by atoms with Crippen molar-refractivity contribution in [2.45, 2.75) is 33.7 Å². The molecule has 0 saturated heterocycles. The van der Waals surface area contributed by atoms with Crippen molar-refractivity contribution in [3.63, 3.8) is 0 Å². The minimum atomic E-state index is -0.398. The van der Waals surface area contributed by atoms with E-state index in [1.807, 2.05) is 13.8 Å². The maximum absolute atomic E-state index is 14.3. The van der Waals surface area contributed by atoms with Crippen LogP contribution in [-0.2, 0) is 0 Å². The van der Waals surface area contributed by atoms with Crippen LogP contribution >= 0.6 is 11.6 Å². The number of carbonyl (C=O) groups excluding carboxylic acids is 1. The Balaban J connectivity index is 2.44. The van der Waals surface area contributed by atoms with Crippen molar-refractivity contribution in [3.8, 4) is 0 Å². The standard InChI is InChI=1S/C16H19ClFN3O/c1-5-20(13-8-6-7-11(4)14(13)18)16(22)12-9-19-21(10(2)3)15(12)17/h6-10H,5H2,1-4H3. The SMILES string of the molecule is CCN(C(=O)c1cnn(C(C)C)c1Cl)c1cccc(C)c1F. The van der Waals surface area contributed by atoms with E-state index >= 15 is 0 Å². The summed E-state index contributed by atoms with van der Waals surface area (Å²) in [5.41, 5.74) is 1.02. The number of rotatable bonds is 4. The lowest BCUT2D eigenvalue weighted by Gasteiger charge is -2.22. The molecule has 22 heavy (non-hydrogen) atoms. The highest BCUT2D eigenvalue weighted by molar-refractivity contribution is 6.33. The van der Waals surface area contributed by atoms with E-state index in [9.17, 15) is 9.18 Å². The first kappa shape index (κ1) is 16.5. The molecule has 0 spiro atoms. The van der Waals surface area contributed by atoms with Crippen LogP contribution in [0.5, 0.6) is 0 Å². The Hall–Kier alpha value is -1.88. The van der Waals surface area contributed by atoms with Gasteiger partial charge in [-0.3, -0.25) is 9.48 Å². The van der Waals surface area contributed by atoms with E-state index in [0.717, 1.165) is 0 Å². The molecule has 118 valence electrons. The molecule has 0 saturated carbocycles. The molecule has 2 rings (SSSR count). The Bertz CT molecular complexity index is 697. The lowest BCUT2D eigenvalue weighted by molar-refractivity contribution is 0.0987. The molecule has 0 bridgehead atoms. The molecule has 1 heterocycles. The minimum absolute atomic E-state index is 0.0415. The predicted molar refractivity (Wildman–Crippen MR) is 86.1 cm³/mol. The Kier molecular flexibility index (Phi) is 4.86. The number of hydrogen-bond acceptors (Lipinski definition) is 2. The number of anilines is 1. The van der Waals surface area contributed by atoms with Crippen LogP contribution in [-0.4, -0.2) is 22.2 Å². The van der Waals surface area contributed by atoms with Gasteiger partial charge in [-0.1, -0.05) is 23.7 Å². The Labute approximate surface area is 134 Å². The van der Waals surface area contributed by atoms with Gasteiger partial charge in [0, 0.05) is 12.6 Å². The van der Waals surface area contributed by atoms with Crippen molar-refractivity contribution in [1.82, 2.24) is 9.78 Å². The van der Waals surface area contributed by atoms with Crippen LogP contribution in [0.3, 0.4) is 0 Å². The van der Waals surface area contributed by atoms with Gasteiger partial charge < -0.3 is 4.90 Å². The van der Waals surface area contributed by atoms with Crippen LogP contribution in [0.2, 0.25) is 5.15 Å². The summed E-state index contributed by atoms with van der Waals surface area (Å²) in [5.74, 6) is -0.756. The number of hydrogen-bond donors (Lipinski definition) is 0. The molecule has 1 aromatic heterocycles. The number of benzene rings is 1. The maximum atomic E-state index is 14.3. The van der Waals surface area contributed by atoms with Gasteiger partial charge in [0.25, 0.3) is 5.91 Å². The monoisotopic (exact) mass is 323 g/mol. The summed E-state index contributed by atoms with van der Waals surface area (Å²) in [6, 6.07) is 5.02. The van der Waals surface area contributed by atoms with E-state index in [4.69, 9.17) is 11.6 Å². The highest BCUT2D eigenvalue weighted by Gasteiger charge is 2.24. The smallest absolute Gasteiger partial charge is 0.263 e. The van der Waals surface area contributed by atoms with Gasteiger partial charge >= 0.3 is 0 Å². The highest BCUT2D eigenvalue weighted by Crippen LogP contribution is 2.26. The zero-order valence-electron chi connectivity index (χ0n) is 13.1. The van der Waals surface area contributed by atoms with E-state index in [-0.39, 0.29) is 28.4 Å². The molecular formula is C16H19ClFN3O. The van der Waals surface area contributed by atoms with Crippen LogP contribution in [0.15, 0.2) is 24.4 Å². The fraction of sp³-hybridized carbons (Fsp3) is 0.375. The molecule has 0 atom stereocenters. The molecule has 0 unspecified atom stereocenters. The summed E-state index contributed by atoms with van der Waals surface area (Å²) in [6.07, 6.45) is 1.43. The fourth-order valence-electron chi connectivity index (χ4n) is 2.26. The zero-order chi connectivity index (χ0) is 16.4. The average molecular weight is 324 g/mol. The maximum Gasteiger partial charge on any atom is 0.263 e. The summed E-state index contributed by atoms with van der Waals surface area (Å²) in [5, 5.41) is 4.40. The first-order chi connectivity index (χ1) is 10.4. The summed E-state index contributed by atoms with van der Waals surface area (Å²) in [7, 11) is 0. The van der Waals surface area contributed by atoms with Crippen LogP contribution in [0.1, 0.15) is 42.7 Å². The summed E-state index contributed by atoms with van der Waals surface area (Å²) < 4.78 is 15.9. The van der Waals surface area contributed by atoms with Crippen molar-refractivity contribution >= 4 is 23.2 Å². The van der Waals surface area contributed by atoms with Crippen molar-refractivity contribution in [1.29, 1.82) is 0 Å². The molecule has 0 aliphatic heterocycles. The molecule has 4 nitrogen and oxygen atoms in total. The number of carbonyl (C=O) groups is 1. The van der Waals surface area contributed by atoms with Crippen molar-refractivity contribution in [2.75, 3.05) is 11.4 Å². The molecule has 6 heteroatoms. The number of nitrogens with zero attached hydrogens (tertiary/aromatic N) is 3. The third kappa shape index (κ3) is 2.86. The van der Waals surface area contributed by atoms with Crippen LogP contribution in [0.4, 0.5) is 10.1 Å². The van der Waals surface area contributed by atoms with Gasteiger partial charge in [0.2, 0.25) is 0 Å². The highest BCUT2D eigenvalue weighted by atomic mass is 35.5. The van der Waals surface area contributed by atoms with E-state index < -0.39 is 5.82 Å². The second-order valence-corrected chi connectivity index (χ2v) is 5.70. The molecular weight excluding hydrogens is 305 g/mol. The molecule has 0 radical (unpaired) electrons. The third-order valence-corrected chi connectivity index (χ3v) is 3.85. The largest absolute Gasteiger partial charge is 0.306 e. The van der Waals surface area contributed by atoms with Crippen LogP contribution in [0, 0.1) is 12.7 Å². The van der Waals surface area contributed by atoms with Crippen molar-refractivity contribution < 1.29 is 9.18 Å². The number of aryl methyl sites for hydroxylation is 1. The topological polar surface area (TPSA) is 38.1 Å². The van der Waals surface area contributed by atoms with Crippen molar-refractivity contribution in [3.05, 3.63) is 46.5 Å². The second kappa shape index (κ2) is 6.48. The van der Waals surface area contributed by atoms with Crippen LogP contribution in [0.25, 0.3) is 0 Å². The summed E-state index contributed by atoms with van der Waals surface area (Å²) in [6.45, 7) is 7.64. The van der Waals surface area contributed by atoms with Gasteiger partial charge in [-0.2, -0.15) is 5.10 Å². The second-order valence-electron chi connectivity index (χ2n) is 5.34. The Morgan fingerprint density at radius 3 is 2.68 bits per heavy atom. The van der Waals surface area contributed by atoms with E-state index in [0.29, 0.717) is 12.1 Å². The molecule has 1 amide bonds. The molecule has 0 N–H and O–H groups in total. The van der Waals surface area contributed by atoms with E-state index in [1.54, 1.807) is 36.7 Å². The molecule has 0 aliphatic carbocycles. The summed E-state index contributed by atoms with van der Waals surface area (Å²) >= 11 is 6.23. The van der Waals surface area contributed by atoms with E-state index in [1.165, 1.54) is 11.1 Å². The van der Waals surface area contributed by atoms with Gasteiger partial charge in [-0.05, 0) is 39.3 Å². The van der Waals surface area contributed by atoms with Gasteiger partial charge in [-0.15, -0.1) is 0 Å². The Morgan fingerprint density at radius 2 is 2.14 bits per heavy atom. The Morgan fingerprint density at radius 1 is 1.45 bits per heavy atom. The first-order valence-corrected chi connectivity index (χ1v) is 7.56. The zero-order valence-corrected chi connectivity index (χ0v) is 13.9. The first-order valence-electron chi connectivity index (χ1n) is 7.18. The van der Waals surface area contributed by atoms with Crippen LogP contribution < -0.4 is 4.90 Å².